The lowest BCUT2D eigenvalue weighted by Gasteiger charge is -2.19. The van der Waals surface area contributed by atoms with Gasteiger partial charge in [-0.1, -0.05) is 58.4 Å². The fourth-order valence-corrected chi connectivity index (χ4v) is 1.81. The third-order valence-corrected chi connectivity index (χ3v) is 3.18. The van der Waals surface area contributed by atoms with Gasteiger partial charge in [0.15, 0.2) is 0 Å². The molecule has 0 spiro atoms. The molecule has 0 radical (unpaired) electrons. The van der Waals surface area contributed by atoms with Crippen molar-refractivity contribution in [3.8, 4) is 0 Å². The van der Waals surface area contributed by atoms with Gasteiger partial charge in [-0.05, 0) is 28.9 Å². The van der Waals surface area contributed by atoms with E-state index in [0.29, 0.717) is 5.92 Å². The van der Waals surface area contributed by atoms with Gasteiger partial charge in [0, 0.05) is 6.61 Å². The van der Waals surface area contributed by atoms with Crippen molar-refractivity contribution in [3.05, 3.63) is 35.4 Å². The Morgan fingerprint density at radius 1 is 1.12 bits per heavy atom. The fourth-order valence-electron chi connectivity index (χ4n) is 1.81. The fraction of sp³-hybridized carbons (Fsp3) is 0.600. The van der Waals surface area contributed by atoms with Crippen molar-refractivity contribution in [1.29, 1.82) is 0 Å². The van der Waals surface area contributed by atoms with Crippen LogP contribution < -0.4 is 0 Å². The topological polar surface area (TPSA) is 20.2 Å². The SMILES string of the molecule is CCC(CO)Cc1ccc(C(C)(C)C)cc1. The summed E-state index contributed by atoms with van der Waals surface area (Å²) in [7, 11) is 0. The van der Waals surface area contributed by atoms with Crippen LogP contribution in [0.25, 0.3) is 0 Å². The summed E-state index contributed by atoms with van der Waals surface area (Å²) in [6, 6.07) is 8.80. The Hall–Kier alpha value is -0.820. The zero-order chi connectivity index (χ0) is 12.2. The zero-order valence-corrected chi connectivity index (χ0v) is 11.0. The van der Waals surface area contributed by atoms with Gasteiger partial charge in [-0.25, -0.2) is 0 Å². The number of hydrogen-bond acceptors (Lipinski definition) is 1. The van der Waals surface area contributed by atoms with E-state index < -0.39 is 0 Å². The van der Waals surface area contributed by atoms with Crippen LogP contribution >= 0.6 is 0 Å². The molecule has 0 bridgehead atoms. The van der Waals surface area contributed by atoms with Gasteiger partial charge in [0.1, 0.15) is 0 Å². The molecule has 0 amide bonds. The Bertz CT molecular complexity index is 301. The van der Waals surface area contributed by atoms with E-state index in [9.17, 15) is 5.11 Å². The lowest BCUT2D eigenvalue weighted by atomic mass is 9.86. The first-order valence-electron chi connectivity index (χ1n) is 6.17. The van der Waals surface area contributed by atoms with Crippen molar-refractivity contribution in [2.75, 3.05) is 6.61 Å². The van der Waals surface area contributed by atoms with Crippen LogP contribution in [0.5, 0.6) is 0 Å². The summed E-state index contributed by atoms with van der Waals surface area (Å²) in [6.45, 7) is 9.10. The van der Waals surface area contributed by atoms with E-state index in [-0.39, 0.29) is 12.0 Å². The number of aliphatic hydroxyl groups excluding tert-OH is 1. The molecule has 1 unspecified atom stereocenters. The summed E-state index contributed by atoms with van der Waals surface area (Å²) in [6.07, 6.45) is 2.02. The Morgan fingerprint density at radius 3 is 2.06 bits per heavy atom. The van der Waals surface area contributed by atoms with Crippen LogP contribution in [0.3, 0.4) is 0 Å². The van der Waals surface area contributed by atoms with Crippen LogP contribution in [-0.2, 0) is 11.8 Å². The van der Waals surface area contributed by atoms with Gasteiger partial charge in [0.25, 0.3) is 0 Å². The minimum absolute atomic E-state index is 0.222. The van der Waals surface area contributed by atoms with Gasteiger partial charge in [0.05, 0.1) is 0 Å². The zero-order valence-electron chi connectivity index (χ0n) is 11.0. The molecule has 1 rings (SSSR count). The molecule has 90 valence electrons. The Labute approximate surface area is 99.5 Å². The normalized spacial score (nSPS) is 13.8. The quantitative estimate of drug-likeness (QED) is 0.822. The highest BCUT2D eigenvalue weighted by molar-refractivity contribution is 5.27. The van der Waals surface area contributed by atoms with Crippen LogP contribution in [0.15, 0.2) is 24.3 Å². The van der Waals surface area contributed by atoms with Crippen LogP contribution in [0.1, 0.15) is 45.2 Å². The molecule has 1 atom stereocenters. The molecule has 0 saturated heterocycles. The number of benzene rings is 1. The predicted octanol–water partition coefficient (Wildman–Crippen LogP) is 3.55. The van der Waals surface area contributed by atoms with E-state index in [1.165, 1.54) is 11.1 Å². The molecule has 0 aliphatic rings. The van der Waals surface area contributed by atoms with Crippen molar-refractivity contribution in [3.63, 3.8) is 0 Å². The molecule has 0 aliphatic heterocycles. The van der Waals surface area contributed by atoms with E-state index in [2.05, 4.69) is 52.0 Å². The van der Waals surface area contributed by atoms with Crippen LogP contribution in [0, 0.1) is 5.92 Å². The van der Waals surface area contributed by atoms with Gasteiger partial charge < -0.3 is 5.11 Å². The summed E-state index contributed by atoms with van der Waals surface area (Å²) >= 11 is 0. The largest absolute Gasteiger partial charge is 0.396 e. The molecule has 0 aromatic heterocycles. The second kappa shape index (κ2) is 5.49. The molecule has 1 aromatic carbocycles. The molecule has 0 heterocycles. The molecule has 16 heavy (non-hydrogen) atoms. The Morgan fingerprint density at radius 2 is 1.69 bits per heavy atom. The maximum Gasteiger partial charge on any atom is 0.0462 e. The molecular formula is C15H24O. The lowest BCUT2D eigenvalue weighted by Crippen LogP contribution is -2.12. The van der Waals surface area contributed by atoms with Crippen LogP contribution in [-0.4, -0.2) is 11.7 Å². The lowest BCUT2D eigenvalue weighted by molar-refractivity contribution is 0.222. The third kappa shape index (κ3) is 3.64. The first-order chi connectivity index (χ1) is 7.47. The predicted molar refractivity (Wildman–Crippen MR) is 69.7 cm³/mol. The average molecular weight is 220 g/mol. The summed E-state index contributed by atoms with van der Waals surface area (Å²) in [5.41, 5.74) is 2.92. The van der Waals surface area contributed by atoms with Crippen molar-refractivity contribution in [2.24, 2.45) is 5.92 Å². The molecule has 1 heteroatoms. The molecule has 0 aliphatic carbocycles. The van der Waals surface area contributed by atoms with Crippen LogP contribution in [0.4, 0.5) is 0 Å². The van der Waals surface area contributed by atoms with Gasteiger partial charge in [-0.2, -0.15) is 0 Å². The summed E-state index contributed by atoms with van der Waals surface area (Å²) < 4.78 is 0. The maximum atomic E-state index is 9.17. The molecule has 1 aromatic rings. The molecule has 1 N–H and O–H groups in total. The van der Waals surface area contributed by atoms with Crippen LogP contribution in [0.2, 0.25) is 0 Å². The second-order valence-corrected chi connectivity index (χ2v) is 5.61. The summed E-state index contributed by atoms with van der Waals surface area (Å²) in [5, 5.41) is 9.17. The highest BCUT2D eigenvalue weighted by Gasteiger charge is 2.13. The van der Waals surface area contributed by atoms with Gasteiger partial charge >= 0.3 is 0 Å². The number of hydrogen-bond donors (Lipinski definition) is 1. The smallest absolute Gasteiger partial charge is 0.0462 e. The Balaban J connectivity index is 2.72. The summed E-state index contributed by atoms with van der Waals surface area (Å²) in [5.74, 6) is 0.403. The summed E-state index contributed by atoms with van der Waals surface area (Å²) in [4.78, 5) is 0. The number of aliphatic hydroxyl groups is 1. The highest BCUT2D eigenvalue weighted by atomic mass is 16.3. The highest BCUT2D eigenvalue weighted by Crippen LogP contribution is 2.23. The first-order valence-corrected chi connectivity index (χ1v) is 6.17. The minimum atomic E-state index is 0.222. The van der Waals surface area contributed by atoms with Crippen molar-refractivity contribution in [1.82, 2.24) is 0 Å². The Kier molecular flexibility index (Phi) is 4.55. The van der Waals surface area contributed by atoms with E-state index >= 15 is 0 Å². The van der Waals surface area contributed by atoms with Crippen molar-refractivity contribution < 1.29 is 5.11 Å². The minimum Gasteiger partial charge on any atom is -0.396 e. The van der Waals surface area contributed by atoms with Crippen molar-refractivity contribution >= 4 is 0 Å². The van der Waals surface area contributed by atoms with Gasteiger partial charge in [0.2, 0.25) is 0 Å². The standard InChI is InChI=1S/C15H24O/c1-5-12(11-16)10-13-6-8-14(9-7-13)15(2,3)4/h6-9,12,16H,5,10-11H2,1-4H3. The third-order valence-electron chi connectivity index (χ3n) is 3.18. The van der Waals surface area contributed by atoms with E-state index in [1.807, 2.05) is 0 Å². The van der Waals surface area contributed by atoms with Gasteiger partial charge in [-0.3, -0.25) is 0 Å². The molecule has 0 fully saturated rings. The van der Waals surface area contributed by atoms with E-state index in [1.54, 1.807) is 0 Å². The van der Waals surface area contributed by atoms with Crippen molar-refractivity contribution in [2.45, 2.75) is 46.0 Å². The average Bonchev–Trinajstić information content (AvgIpc) is 2.25. The maximum absolute atomic E-state index is 9.17. The van der Waals surface area contributed by atoms with E-state index in [4.69, 9.17) is 0 Å². The second-order valence-electron chi connectivity index (χ2n) is 5.61. The van der Waals surface area contributed by atoms with E-state index in [0.717, 1.165) is 12.8 Å². The molecule has 1 nitrogen and oxygen atoms in total. The first kappa shape index (κ1) is 13.2. The molecular weight excluding hydrogens is 196 g/mol. The molecule has 0 saturated carbocycles. The van der Waals surface area contributed by atoms with Gasteiger partial charge in [-0.15, -0.1) is 0 Å². The monoisotopic (exact) mass is 220 g/mol. The number of rotatable bonds is 4.